The molecule has 0 amide bonds. The number of aldehydes is 1. The van der Waals surface area contributed by atoms with Gasteiger partial charge in [-0.1, -0.05) is 0 Å². The molecule has 0 aliphatic rings. The van der Waals surface area contributed by atoms with Gasteiger partial charge in [0.2, 0.25) is 0 Å². The van der Waals surface area contributed by atoms with Crippen molar-refractivity contribution < 1.29 is 4.79 Å². The molecule has 8 nitrogen and oxygen atoms in total. The number of carbonyl (C=O) groups excluding carboxylic acids is 1. The molecule has 160 valence electrons. The molecule has 0 aromatic carbocycles. The quantitative estimate of drug-likeness (QED) is 0.234. The van der Waals surface area contributed by atoms with Gasteiger partial charge in [-0.2, -0.15) is 5.10 Å². The largest absolute Gasteiger partial charge is 0.373 e. The van der Waals surface area contributed by atoms with Crippen LogP contribution in [0.25, 0.3) is 17.5 Å². The van der Waals surface area contributed by atoms with Crippen LogP contribution in [0.5, 0.6) is 0 Å². The smallest absolute Gasteiger partial charge is 0.143 e. The number of rotatable bonds is 12. The van der Waals surface area contributed by atoms with E-state index in [4.69, 9.17) is 0 Å². The highest BCUT2D eigenvalue weighted by Gasteiger charge is 2.13. The van der Waals surface area contributed by atoms with Crippen molar-refractivity contribution in [3.8, 4) is 11.3 Å². The maximum Gasteiger partial charge on any atom is 0.143 e. The zero-order valence-corrected chi connectivity index (χ0v) is 18.7. The fourth-order valence-electron chi connectivity index (χ4n) is 2.74. The molecule has 0 bridgehead atoms. The van der Waals surface area contributed by atoms with Gasteiger partial charge in [-0.25, -0.2) is 4.98 Å². The third-order valence-corrected chi connectivity index (χ3v) is 5.02. The lowest BCUT2D eigenvalue weighted by molar-refractivity contribution is -0.104. The second-order valence-electron chi connectivity index (χ2n) is 6.58. The predicted octanol–water partition coefficient (Wildman–Crippen LogP) is 2.83. The summed E-state index contributed by atoms with van der Waals surface area (Å²) in [7, 11) is 3.79. The molecule has 2 heterocycles. The number of hydrogen-bond donors (Lipinski definition) is 2. The summed E-state index contributed by atoms with van der Waals surface area (Å²) in [6.45, 7) is 6.91. The lowest BCUT2D eigenvalue weighted by atomic mass is 10.2. The number of aryl methyl sites for hydroxylation is 1. The Balaban J connectivity index is 2.38. The molecule has 2 N–H and O–H groups in total. The number of aliphatic imine (C=N–C) groups is 1. The van der Waals surface area contributed by atoms with Crippen LogP contribution in [0.1, 0.15) is 19.2 Å². The van der Waals surface area contributed by atoms with Gasteiger partial charge in [-0.3, -0.25) is 19.0 Å². The molecular formula is C21H29N7OS. The first kappa shape index (κ1) is 23.4. The Kier molecular flexibility index (Phi) is 9.30. The van der Waals surface area contributed by atoms with Crippen molar-refractivity contribution in [1.29, 1.82) is 0 Å². The molecule has 0 aliphatic carbocycles. The minimum atomic E-state index is 0.508. The van der Waals surface area contributed by atoms with E-state index in [-0.39, 0.29) is 0 Å². The van der Waals surface area contributed by atoms with Crippen LogP contribution in [0.4, 0.5) is 0 Å². The van der Waals surface area contributed by atoms with Gasteiger partial charge < -0.3 is 10.6 Å². The van der Waals surface area contributed by atoms with Crippen molar-refractivity contribution in [2.24, 2.45) is 12.0 Å². The van der Waals surface area contributed by atoms with Crippen LogP contribution >= 0.6 is 11.8 Å². The molecule has 0 spiro atoms. The van der Waals surface area contributed by atoms with E-state index in [0.717, 1.165) is 52.6 Å². The Bertz CT molecular complexity index is 952. The summed E-state index contributed by atoms with van der Waals surface area (Å²) in [5.74, 6) is 0.830. The zero-order chi connectivity index (χ0) is 21.9. The van der Waals surface area contributed by atoms with E-state index < -0.39 is 0 Å². The van der Waals surface area contributed by atoms with Crippen molar-refractivity contribution >= 4 is 31.0 Å². The molecular weight excluding hydrogens is 398 g/mol. The maximum absolute atomic E-state index is 10.7. The van der Waals surface area contributed by atoms with Crippen LogP contribution in [0.3, 0.4) is 0 Å². The highest BCUT2D eigenvalue weighted by molar-refractivity contribution is 8.02. The lowest BCUT2D eigenvalue weighted by Gasteiger charge is -2.12. The summed E-state index contributed by atoms with van der Waals surface area (Å²) in [4.78, 5) is 19.5. The minimum Gasteiger partial charge on any atom is -0.373 e. The highest BCUT2D eigenvalue weighted by Crippen LogP contribution is 2.23. The first-order valence-electron chi connectivity index (χ1n) is 9.51. The number of aromatic nitrogens is 4. The first-order chi connectivity index (χ1) is 14.5. The fourth-order valence-corrected chi connectivity index (χ4v) is 3.26. The average Bonchev–Trinajstić information content (AvgIpc) is 3.34. The van der Waals surface area contributed by atoms with Crippen LogP contribution in [-0.4, -0.2) is 52.2 Å². The Morgan fingerprint density at radius 1 is 1.40 bits per heavy atom. The average molecular weight is 428 g/mol. The third-order valence-electron chi connectivity index (χ3n) is 4.32. The molecule has 0 aliphatic heterocycles. The van der Waals surface area contributed by atoms with E-state index in [1.165, 1.54) is 6.08 Å². The minimum absolute atomic E-state index is 0.508. The summed E-state index contributed by atoms with van der Waals surface area (Å²) in [5.41, 5.74) is 3.64. The maximum atomic E-state index is 10.7. The molecule has 0 unspecified atom stereocenters. The number of nitrogens with zero attached hydrogens (tertiary/aromatic N) is 5. The van der Waals surface area contributed by atoms with Crippen LogP contribution in [0.2, 0.25) is 0 Å². The Morgan fingerprint density at radius 2 is 2.20 bits per heavy atom. The van der Waals surface area contributed by atoms with E-state index in [1.54, 1.807) is 16.4 Å². The van der Waals surface area contributed by atoms with Gasteiger partial charge >= 0.3 is 0 Å². The van der Waals surface area contributed by atoms with Crippen molar-refractivity contribution in [3.63, 3.8) is 0 Å². The molecule has 9 heteroatoms. The predicted molar refractivity (Wildman–Crippen MR) is 125 cm³/mol. The second-order valence-corrected chi connectivity index (χ2v) is 7.43. The van der Waals surface area contributed by atoms with Gasteiger partial charge in [-0.05, 0) is 44.7 Å². The van der Waals surface area contributed by atoms with Crippen LogP contribution in [0.15, 0.2) is 52.0 Å². The molecule has 0 saturated heterocycles. The van der Waals surface area contributed by atoms with Crippen LogP contribution < -0.4 is 10.6 Å². The Labute approximate surface area is 181 Å². The molecule has 0 fully saturated rings. The van der Waals surface area contributed by atoms with E-state index in [9.17, 15) is 4.79 Å². The summed E-state index contributed by atoms with van der Waals surface area (Å²) < 4.78 is 3.79. The SMILES string of the molecule is C=N/C(=C\n1c(-c2cnn(C)c2)cnc1CN/C(=C/C(C)=C/C=O)SC)CCNC. The van der Waals surface area contributed by atoms with E-state index >= 15 is 0 Å². The number of nitrogens with one attached hydrogen (secondary N) is 2. The Hall–Kier alpha value is -2.91. The third kappa shape index (κ3) is 6.57. The zero-order valence-electron chi connectivity index (χ0n) is 17.9. The normalized spacial score (nSPS) is 12.9. The molecule has 30 heavy (non-hydrogen) atoms. The van der Waals surface area contributed by atoms with Crippen LogP contribution in [0, 0.1) is 0 Å². The monoisotopic (exact) mass is 427 g/mol. The molecule has 2 rings (SSSR count). The van der Waals surface area contributed by atoms with Gasteiger partial charge in [0.05, 0.1) is 35.4 Å². The fraction of sp³-hybridized carbons (Fsp3) is 0.333. The summed E-state index contributed by atoms with van der Waals surface area (Å²) in [6.07, 6.45) is 14.6. The number of allylic oxidation sites excluding steroid dienone is 3. The van der Waals surface area contributed by atoms with E-state index in [1.807, 2.05) is 62.7 Å². The highest BCUT2D eigenvalue weighted by atomic mass is 32.2. The van der Waals surface area contributed by atoms with E-state index in [0.29, 0.717) is 6.54 Å². The Morgan fingerprint density at radius 3 is 2.80 bits per heavy atom. The standard InChI is InChI=1S/C21H29N7OS/c1-16(7-9-29)10-21(30-5)25-13-20-24-12-19(17-11-26-27(4)14-17)28(20)15-18(23-3)6-8-22-2/h7,9-12,14-15,22,25H,3,6,8,13H2,1-2,4-5H3/b16-7+,18-15-,21-10-. The summed E-state index contributed by atoms with van der Waals surface area (Å²) in [5, 5.41) is 11.8. The summed E-state index contributed by atoms with van der Waals surface area (Å²) in [6, 6.07) is 0. The van der Waals surface area contributed by atoms with Crippen molar-refractivity contribution in [1.82, 2.24) is 30.0 Å². The van der Waals surface area contributed by atoms with Crippen molar-refractivity contribution in [2.45, 2.75) is 19.9 Å². The molecule has 2 aromatic heterocycles. The van der Waals surface area contributed by atoms with Gasteiger partial charge in [0.25, 0.3) is 0 Å². The molecule has 2 aromatic rings. The second kappa shape index (κ2) is 11.9. The van der Waals surface area contributed by atoms with E-state index in [2.05, 4.69) is 32.4 Å². The van der Waals surface area contributed by atoms with Gasteiger partial charge in [0, 0.05) is 38.0 Å². The molecule has 0 atom stereocenters. The first-order valence-corrected chi connectivity index (χ1v) is 10.7. The number of imidazole rings is 1. The summed E-state index contributed by atoms with van der Waals surface area (Å²) >= 11 is 1.58. The topological polar surface area (TPSA) is 89.1 Å². The number of hydrogen-bond acceptors (Lipinski definition) is 7. The van der Waals surface area contributed by atoms with Crippen molar-refractivity contribution in [3.05, 3.63) is 52.9 Å². The van der Waals surface area contributed by atoms with Gasteiger partial charge in [0.15, 0.2) is 0 Å². The number of carbonyl (C=O) groups is 1. The van der Waals surface area contributed by atoms with Crippen molar-refractivity contribution in [2.75, 3.05) is 19.8 Å². The van der Waals surface area contributed by atoms with Gasteiger partial charge in [0.1, 0.15) is 12.1 Å². The number of thioether (sulfide) groups is 1. The molecule has 0 saturated carbocycles. The van der Waals surface area contributed by atoms with Crippen LogP contribution in [-0.2, 0) is 18.4 Å². The van der Waals surface area contributed by atoms with Gasteiger partial charge in [-0.15, -0.1) is 11.8 Å². The molecule has 0 radical (unpaired) electrons. The lowest BCUT2D eigenvalue weighted by Crippen LogP contribution is -2.14.